The van der Waals surface area contributed by atoms with E-state index in [2.05, 4.69) is 9.62 Å². The molecule has 0 spiro atoms. The van der Waals surface area contributed by atoms with Crippen molar-refractivity contribution >= 4 is 50.5 Å². The number of likely N-dealkylation sites (tertiary alicyclic amines) is 1. The molecule has 3 aromatic carbocycles. The maximum atomic E-state index is 13.0. The first-order valence-electron chi connectivity index (χ1n) is 10.5. The van der Waals surface area contributed by atoms with Crippen LogP contribution in [-0.2, 0) is 10.0 Å². The molecule has 3 aromatic rings. The Labute approximate surface area is 218 Å². The van der Waals surface area contributed by atoms with Gasteiger partial charge in [0.25, 0.3) is 10.0 Å². The Morgan fingerprint density at radius 3 is 2.51 bits per heavy atom. The van der Waals surface area contributed by atoms with E-state index >= 15 is 0 Å². The van der Waals surface area contributed by atoms with Crippen molar-refractivity contribution in [3.63, 3.8) is 0 Å². The lowest BCUT2D eigenvalue weighted by atomic mass is 10.2. The van der Waals surface area contributed by atoms with Gasteiger partial charge in [-0.25, -0.2) is 8.42 Å². The maximum Gasteiger partial charge on any atom is 0.263 e. The van der Waals surface area contributed by atoms with Gasteiger partial charge in [0.2, 0.25) is 0 Å². The number of rotatable bonds is 7. The molecule has 0 aromatic heterocycles. The molecule has 1 heterocycles. The molecule has 0 bridgehead atoms. The average Bonchev–Trinajstić information content (AvgIpc) is 3.20. The fourth-order valence-electron chi connectivity index (χ4n) is 3.63. The summed E-state index contributed by atoms with van der Waals surface area (Å²) in [5.74, 6) is 0.875. The molecule has 1 aliphatic heterocycles. The monoisotopic (exact) mass is 551 g/mol. The molecule has 0 saturated carbocycles. The summed E-state index contributed by atoms with van der Waals surface area (Å²) in [5.41, 5.74) is 0.443. The molecule has 0 radical (unpaired) electrons. The number of nitrogens with one attached hydrogen (secondary N) is 1. The zero-order chi connectivity index (χ0) is 25.2. The smallest absolute Gasteiger partial charge is 0.263 e. The normalized spacial score (nSPS) is 16.0. The molecular weight excluding hydrogens is 533 g/mol. The lowest BCUT2D eigenvalue weighted by Gasteiger charge is -2.17. The zero-order valence-corrected chi connectivity index (χ0v) is 21.5. The predicted octanol–water partition coefficient (Wildman–Crippen LogP) is 6.19. The quantitative estimate of drug-likeness (QED) is 0.375. The molecule has 182 valence electrons. The van der Waals surface area contributed by atoms with Gasteiger partial charge in [0.15, 0.2) is 0 Å². The van der Waals surface area contributed by atoms with E-state index in [-0.39, 0.29) is 43.8 Å². The SMILES string of the molecule is CN1CC[C@@H](Oc2cc(NS(=O)(=O)c3ccc(Oc4cccc(Cl)c4C#N)cc3Cl)ccc2Cl)C1. The first-order valence-corrected chi connectivity index (χ1v) is 13.1. The second kappa shape index (κ2) is 10.5. The van der Waals surface area contributed by atoms with Gasteiger partial charge in [-0.2, -0.15) is 5.26 Å². The molecule has 7 nitrogen and oxygen atoms in total. The third kappa shape index (κ3) is 5.95. The number of benzene rings is 3. The number of hydrogen-bond donors (Lipinski definition) is 1. The van der Waals surface area contributed by atoms with Crippen molar-refractivity contribution in [2.24, 2.45) is 0 Å². The maximum absolute atomic E-state index is 13.0. The summed E-state index contributed by atoms with van der Waals surface area (Å²) in [7, 11) is -2.03. The fourth-order valence-corrected chi connectivity index (χ4v) is 5.58. The van der Waals surface area contributed by atoms with Crippen LogP contribution in [0, 0.1) is 11.3 Å². The van der Waals surface area contributed by atoms with Crippen molar-refractivity contribution in [1.82, 2.24) is 4.90 Å². The second-order valence-corrected chi connectivity index (χ2v) is 10.8. The summed E-state index contributed by atoms with van der Waals surface area (Å²) in [5, 5.41) is 9.87. The Balaban J connectivity index is 1.53. The topological polar surface area (TPSA) is 91.7 Å². The van der Waals surface area contributed by atoms with Crippen molar-refractivity contribution in [2.45, 2.75) is 17.4 Å². The van der Waals surface area contributed by atoms with Gasteiger partial charge in [0, 0.05) is 25.2 Å². The third-order valence-electron chi connectivity index (χ3n) is 5.33. The van der Waals surface area contributed by atoms with Crippen molar-refractivity contribution in [3.05, 3.63) is 75.2 Å². The molecule has 0 aliphatic carbocycles. The minimum Gasteiger partial charge on any atom is -0.487 e. The fraction of sp³-hybridized carbons (Fsp3) is 0.208. The first-order chi connectivity index (χ1) is 16.7. The minimum atomic E-state index is -4.04. The van der Waals surface area contributed by atoms with E-state index in [0.717, 1.165) is 19.5 Å². The number of ether oxygens (including phenoxy) is 2. The number of hydrogen-bond acceptors (Lipinski definition) is 6. The molecule has 1 fully saturated rings. The van der Waals surface area contributed by atoms with Crippen LogP contribution in [-0.4, -0.2) is 39.6 Å². The number of halogens is 3. The van der Waals surface area contributed by atoms with Gasteiger partial charge in [0.1, 0.15) is 39.9 Å². The lowest BCUT2D eigenvalue weighted by molar-refractivity contribution is 0.208. The summed E-state index contributed by atoms with van der Waals surface area (Å²) in [6.07, 6.45) is 0.838. The van der Waals surface area contributed by atoms with Crippen LogP contribution in [0.15, 0.2) is 59.5 Å². The van der Waals surface area contributed by atoms with Crippen molar-refractivity contribution < 1.29 is 17.9 Å². The van der Waals surface area contributed by atoms with Gasteiger partial charge >= 0.3 is 0 Å². The third-order valence-corrected chi connectivity index (χ3v) is 7.82. The standard InChI is InChI=1S/C24H20Cl3N3O4S/c1-30-10-9-17(14-30)34-23-11-15(5-7-20(23)26)29-35(31,32)24-8-6-16(12-21(24)27)33-22-4-2-3-19(25)18(22)13-28/h2-8,11-12,17,29H,9-10,14H2,1H3/t17-/m1/s1. The van der Waals surface area contributed by atoms with Crippen LogP contribution in [0.1, 0.15) is 12.0 Å². The van der Waals surface area contributed by atoms with E-state index < -0.39 is 10.0 Å². The van der Waals surface area contributed by atoms with Crippen LogP contribution in [0.5, 0.6) is 17.2 Å². The highest BCUT2D eigenvalue weighted by atomic mass is 35.5. The van der Waals surface area contributed by atoms with E-state index in [1.807, 2.05) is 13.1 Å². The van der Waals surface area contributed by atoms with Gasteiger partial charge in [-0.15, -0.1) is 0 Å². The molecular formula is C24H20Cl3N3O4S. The highest BCUT2D eigenvalue weighted by molar-refractivity contribution is 7.92. The van der Waals surface area contributed by atoms with E-state index in [0.29, 0.717) is 10.8 Å². The number of nitriles is 1. The van der Waals surface area contributed by atoms with Crippen LogP contribution < -0.4 is 14.2 Å². The number of anilines is 1. The Morgan fingerprint density at radius 2 is 1.83 bits per heavy atom. The van der Waals surface area contributed by atoms with E-state index in [9.17, 15) is 13.7 Å². The summed E-state index contributed by atoms with van der Waals surface area (Å²) < 4.78 is 40.3. The highest BCUT2D eigenvalue weighted by Crippen LogP contribution is 2.35. The molecule has 11 heteroatoms. The Kier molecular flexibility index (Phi) is 7.64. The summed E-state index contributed by atoms with van der Waals surface area (Å²) in [4.78, 5) is 2.00. The molecule has 1 atom stereocenters. The highest BCUT2D eigenvalue weighted by Gasteiger charge is 2.23. The van der Waals surface area contributed by atoms with Gasteiger partial charge < -0.3 is 14.4 Å². The van der Waals surface area contributed by atoms with Crippen molar-refractivity contribution in [1.29, 1.82) is 5.26 Å². The van der Waals surface area contributed by atoms with Crippen molar-refractivity contribution in [3.8, 4) is 23.3 Å². The molecule has 0 unspecified atom stereocenters. The second-order valence-electron chi connectivity index (χ2n) is 7.96. The summed E-state index contributed by atoms with van der Waals surface area (Å²) in [6.45, 7) is 1.68. The Bertz CT molecular complexity index is 1410. The zero-order valence-electron chi connectivity index (χ0n) is 18.5. The number of sulfonamides is 1. The van der Waals surface area contributed by atoms with Gasteiger partial charge in [-0.3, -0.25) is 4.72 Å². The van der Waals surface area contributed by atoms with Crippen LogP contribution in [0.2, 0.25) is 15.1 Å². The van der Waals surface area contributed by atoms with Crippen LogP contribution in [0.3, 0.4) is 0 Å². The number of nitrogens with zero attached hydrogens (tertiary/aromatic N) is 2. The first kappa shape index (κ1) is 25.4. The Morgan fingerprint density at radius 1 is 1.03 bits per heavy atom. The molecule has 1 saturated heterocycles. The average molecular weight is 553 g/mol. The summed E-state index contributed by atoms with van der Waals surface area (Å²) >= 11 is 18.6. The van der Waals surface area contributed by atoms with Gasteiger partial charge in [-0.1, -0.05) is 40.9 Å². The van der Waals surface area contributed by atoms with E-state index in [1.54, 1.807) is 36.4 Å². The summed E-state index contributed by atoms with van der Waals surface area (Å²) in [6, 6.07) is 15.5. The molecule has 0 amide bonds. The largest absolute Gasteiger partial charge is 0.487 e. The molecule has 35 heavy (non-hydrogen) atoms. The minimum absolute atomic E-state index is 0.0209. The lowest BCUT2D eigenvalue weighted by Crippen LogP contribution is -2.21. The van der Waals surface area contributed by atoms with E-state index in [4.69, 9.17) is 44.3 Å². The number of likely N-dealkylation sites (N-methyl/N-ethyl adjacent to an activating group) is 1. The van der Waals surface area contributed by atoms with Crippen molar-refractivity contribution in [2.75, 3.05) is 24.9 Å². The van der Waals surface area contributed by atoms with Gasteiger partial charge in [0.05, 0.1) is 20.8 Å². The van der Waals surface area contributed by atoms with Crippen LogP contribution in [0.4, 0.5) is 5.69 Å². The molecule has 1 N–H and O–H groups in total. The van der Waals surface area contributed by atoms with Crippen LogP contribution >= 0.6 is 34.8 Å². The van der Waals surface area contributed by atoms with Gasteiger partial charge in [-0.05, 0) is 49.9 Å². The molecule has 4 rings (SSSR count). The molecule has 1 aliphatic rings. The predicted molar refractivity (Wildman–Crippen MR) is 136 cm³/mol. The van der Waals surface area contributed by atoms with E-state index in [1.165, 1.54) is 18.2 Å². The Hall–Kier alpha value is -2.67. The van der Waals surface area contributed by atoms with Crippen LogP contribution in [0.25, 0.3) is 0 Å².